The molecular weight excluding hydrogens is 374 g/mol. The number of amides is 1. The summed E-state index contributed by atoms with van der Waals surface area (Å²) in [5.74, 6) is -0.237. The fourth-order valence-corrected chi connectivity index (χ4v) is 4.83. The molecule has 0 spiro atoms. The lowest BCUT2D eigenvalue weighted by Crippen LogP contribution is -2.42. The van der Waals surface area contributed by atoms with Gasteiger partial charge in [0.2, 0.25) is 10.0 Å². The van der Waals surface area contributed by atoms with Crippen LogP contribution in [0.4, 0.5) is 0 Å². The van der Waals surface area contributed by atoms with E-state index >= 15 is 0 Å². The molecule has 26 heavy (non-hydrogen) atoms. The summed E-state index contributed by atoms with van der Waals surface area (Å²) < 4.78 is 27.5. The number of hydrogen-bond donors (Lipinski definition) is 2. The van der Waals surface area contributed by atoms with Gasteiger partial charge in [0.05, 0.1) is 4.90 Å². The number of aryl methyl sites for hydroxylation is 1. The maximum absolute atomic E-state index is 13.0. The number of sulfonamides is 1. The van der Waals surface area contributed by atoms with Gasteiger partial charge in [-0.3, -0.25) is 4.79 Å². The van der Waals surface area contributed by atoms with Crippen molar-refractivity contribution in [1.29, 1.82) is 0 Å². The molecule has 0 saturated carbocycles. The molecule has 1 heterocycles. The third-order valence-electron chi connectivity index (χ3n) is 4.64. The van der Waals surface area contributed by atoms with Gasteiger partial charge in [0, 0.05) is 31.2 Å². The molecule has 8 heteroatoms. The van der Waals surface area contributed by atoms with Gasteiger partial charge in [-0.05, 0) is 50.9 Å². The van der Waals surface area contributed by atoms with E-state index in [9.17, 15) is 13.2 Å². The van der Waals surface area contributed by atoms with Crippen LogP contribution in [0.25, 0.3) is 0 Å². The molecule has 1 unspecified atom stereocenters. The zero-order valence-corrected chi connectivity index (χ0v) is 17.4. The molecule has 0 bridgehead atoms. The van der Waals surface area contributed by atoms with Crippen LogP contribution in [0, 0.1) is 6.92 Å². The Morgan fingerprint density at radius 2 is 2.00 bits per heavy atom. The van der Waals surface area contributed by atoms with Gasteiger partial charge in [-0.1, -0.05) is 19.4 Å². The molecule has 1 aliphatic rings. The number of nitrogens with one attached hydrogen (secondary N) is 2. The van der Waals surface area contributed by atoms with E-state index in [2.05, 4.69) is 10.6 Å². The number of carbonyl (C=O) groups is 1. The molecule has 1 aromatic carbocycles. The standard InChI is InChI=1S/C18H29N3O3S.ClH/c1-4-19-10-11-20-18(22)17-13-16(9-8-14(17)2)25(23,24)21-12-6-5-7-15(21)3;/h8-9,13,15,19H,4-7,10-12H2,1-3H3,(H,20,22);1H. The molecule has 2 N–H and O–H groups in total. The van der Waals surface area contributed by atoms with E-state index in [0.29, 0.717) is 25.2 Å². The first-order valence-corrected chi connectivity index (χ1v) is 10.4. The predicted molar refractivity (Wildman–Crippen MR) is 107 cm³/mol. The lowest BCUT2D eigenvalue weighted by atomic mass is 10.1. The second kappa shape index (κ2) is 10.3. The fraction of sp³-hybridized carbons (Fsp3) is 0.611. The minimum absolute atomic E-state index is 0. The topological polar surface area (TPSA) is 78.5 Å². The summed E-state index contributed by atoms with van der Waals surface area (Å²) >= 11 is 0. The van der Waals surface area contributed by atoms with E-state index in [1.807, 2.05) is 20.8 Å². The van der Waals surface area contributed by atoms with Crippen LogP contribution in [-0.4, -0.2) is 50.9 Å². The summed E-state index contributed by atoms with van der Waals surface area (Å²) in [6.45, 7) is 8.34. The average molecular weight is 404 g/mol. The monoisotopic (exact) mass is 403 g/mol. The molecule has 0 aromatic heterocycles. The smallest absolute Gasteiger partial charge is 0.251 e. The molecule has 1 amide bonds. The van der Waals surface area contributed by atoms with E-state index in [1.165, 1.54) is 6.07 Å². The Morgan fingerprint density at radius 1 is 1.27 bits per heavy atom. The highest BCUT2D eigenvalue weighted by atomic mass is 35.5. The molecule has 1 aromatic rings. The maximum atomic E-state index is 13.0. The first-order chi connectivity index (χ1) is 11.9. The zero-order chi connectivity index (χ0) is 18.4. The largest absolute Gasteiger partial charge is 0.351 e. The molecule has 2 rings (SSSR count). The Balaban J connectivity index is 0.00000338. The SMILES string of the molecule is CCNCCNC(=O)c1cc(S(=O)(=O)N2CCCCC2C)ccc1C.Cl. The van der Waals surface area contributed by atoms with Crippen molar-refractivity contribution in [1.82, 2.24) is 14.9 Å². The summed E-state index contributed by atoms with van der Waals surface area (Å²) in [5, 5.41) is 5.97. The van der Waals surface area contributed by atoms with E-state index in [4.69, 9.17) is 0 Å². The Kier molecular flexibility index (Phi) is 9.03. The molecular formula is C18H30ClN3O3S. The van der Waals surface area contributed by atoms with Crippen LogP contribution in [0.2, 0.25) is 0 Å². The number of carbonyl (C=O) groups excluding carboxylic acids is 1. The first-order valence-electron chi connectivity index (χ1n) is 8.99. The number of benzene rings is 1. The minimum Gasteiger partial charge on any atom is -0.351 e. The summed E-state index contributed by atoms with van der Waals surface area (Å²) in [7, 11) is -3.57. The van der Waals surface area contributed by atoms with Crippen molar-refractivity contribution >= 4 is 28.3 Å². The van der Waals surface area contributed by atoms with E-state index < -0.39 is 10.0 Å². The van der Waals surface area contributed by atoms with Crippen molar-refractivity contribution in [2.24, 2.45) is 0 Å². The van der Waals surface area contributed by atoms with E-state index in [-0.39, 0.29) is 29.3 Å². The van der Waals surface area contributed by atoms with Crippen LogP contribution >= 0.6 is 12.4 Å². The van der Waals surface area contributed by atoms with E-state index in [1.54, 1.807) is 16.4 Å². The van der Waals surface area contributed by atoms with Gasteiger partial charge in [0.15, 0.2) is 0 Å². The molecule has 0 radical (unpaired) electrons. The number of nitrogens with zero attached hydrogens (tertiary/aromatic N) is 1. The van der Waals surface area contributed by atoms with Gasteiger partial charge in [0.25, 0.3) is 5.91 Å². The number of likely N-dealkylation sites (N-methyl/N-ethyl adjacent to an activating group) is 1. The molecule has 0 aliphatic carbocycles. The highest BCUT2D eigenvalue weighted by molar-refractivity contribution is 7.89. The average Bonchev–Trinajstić information content (AvgIpc) is 2.59. The molecule has 6 nitrogen and oxygen atoms in total. The lowest BCUT2D eigenvalue weighted by molar-refractivity contribution is 0.0953. The van der Waals surface area contributed by atoms with Gasteiger partial charge in [-0.15, -0.1) is 12.4 Å². The maximum Gasteiger partial charge on any atom is 0.251 e. The highest BCUT2D eigenvalue weighted by Gasteiger charge is 2.31. The van der Waals surface area contributed by atoms with Crippen molar-refractivity contribution in [2.75, 3.05) is 26.2 Å². The van der Waals surface area contributed by atoms with Crippen molar-refractivity contribution in [2.45, 2.75) is 51.0 Å². The molecule has 1 atom stereocenters. The van der Waals surface area contributed by atoms with Gasteiger partial charge in [-0.25, -0.2) is 8.42 Å². The summed E-state index contributed by atoms with van der Waals surface area (Å²) in [6.07, 6.45) is 2.82. The second-order valence-electron chi connectivity index (χ2n) is 6.55. The Labute approximate surface area is 163 Å². The van der Waals surface area contributed by atoms with Crippen LogP contribution in [0.5, 0.6) is 0 Å². The molecule has 1 fully saturated rings. The first kappa shape index (κ1) is 22.9. The van der Waals surface area contributed by atoms with Gasteiger partial charge >= 0.3 is 0 Å². The van der Waals surface area contributed by atoms with Crippen LogP contribution in [0.3, 0.4) is 0 Å². The van der Waals surface area contributed by atoms with Crippen LogP contribution in [0.1, 0.15) is 49.0 Å². The number of hydrogen-bond acceptors (Lipinski definition) is 4. The number of halogens is 1. The third-order valence-corrected chi connectivity index (χ3v) is 6.65. The van der Waals surface area contributed by atoms with Gasteiger partial charge in [0.1, 0.15) is 0 Å². The number of piperidine rings is 1. The molecule has 1 aliphatic heterocycles. The van der Waals surface area contributed by atoms with Crippen molar-refractivity contribution in [3.63, 3.8) is 0 Å². The summed E-state index contributed by atoms with van der Waals surface area (Å²) in [6, 6.07) is 4.81. The second-order valence-corrected chi connectivity index (χ2v) is 8.44. The Bertz CT molecular complexity index is 710. The summed E-state index contributed by atoms with van der Waals surface area (Å²) in [5.41, 5.74) is 1.19. The summed E-state index contributed by atoms with van der Waals surface area (Å²) in [4.78, 5) is 12.6. The highest BCUT2D eigenvalue weighted by Crippen LogP contribution is 2.26. The third kappa shape index (κ3) is 5.42. The predicted octanol–water partition coefficient (Wildman–Crippen LogP) is 2.32. The van der Waals surface area contributed by atoms with Gasteiger partial charge in [-0.2, -0.15) is 4.31 Å². The molecule has 1 saturated heterocycles. The lowest BCUT2D eigenvalue weighted by Gasteiger charge is -2.32. The zero-order valence-electron chi connectivity index (χ0n) is 15.7. The fourth-order valence-electron chi connectivity index (χ4n) is 3.11. The quantitative estimate of drug-likeness (QED) is 0.685. The van der Waals surface area contributed by atoms with Crippen LogP contribution in [0.15, 0.2) is 23.1 Å². The van der Waals surface area contributed by atoms with Crippen molar-refractivity contribution in [3.05, 3.63) is 29.3 Å². The Morgan fingerprint density at radius 3 is 2.65 bits per heavy atom. The minimum atomic E-state index is -3.57. The normalized spacial score (nSPS) is 18.2. The van der Waals surface area contributed by atoms with Crippen LogP contribution in [-0.2, 0) is 10.0 Å². The number of rotatable bonds is 7. The van der Waals surface area contributed by atoms with Gasteiger partial charge < -0.3 is 10.6 Å². The van der Waals surface area contributed by atoms with Crippen LogP contribution < -0.4 is 10.6 Å². The Hall–Kier alpha value is -1.15. The molecule has 148 valence electrons. The van der Waals surface area contributed by atoms with Crippen molar-refractivity contribution < 1.29 is 13.2 Å². The van der Waals surface area contributed by atoms with Crippen molar-refractivity contribution in [3.8, 4) is 0 Å². The van der Waals surface area contributed by atoms with E-state index in [0.717, 1.165) is 31.4 Å².